The molecule has 0 bridgehead atoms. The van der Waals surface area contributed by atoms with E-state index in [1.54, 1.807) is 13.1 Å². The molecule has 0 radical (unpaired) electrons. The molecule has 4 N–H and O–H groups in total. The van der Waals surface area contributed by atoms with E-state index >= 15 is 0 Å². The Kier molecular flexibility index (Phi) is 7.02. The van der Waals surface area contributed by atoms with Crippen LogP contribution < -0.4 is 16.0 Å². The van der Waals surface area contributed by atoms with Crippen LogP contribution in [-0.4, -0.2) is 43.5 Å². The molecule has 0 aliphatic heterocycles. The second-order valence-corrected chi connectivity index (χ2v) is 7.21. The Hall–Kier alpha value is -2.87. The van der Waals surface area contributed by atoms with Crippen molar-refractivity contribution in [1.82, 2.24) is 20.9 Å². The van der Waals surface area contributed by atoms with E-state index in [0.29, 0.717) is 19.6 Å². The summed E-state index contributed by atoms with van der Waals surface area (Å²) in [4.78, 5) is 19.9. The summed E-state index contributed by atoms with van der Waals surface area (Å²) in [5, 5.41) is 12.3. The number of thiophene rings is 1. The van der Waals surface area contributed by atoms with E-state index in [2.05, 4.69) is 25.9 Å². The van der Waals surface area contributed by atoms with Crippen LogP contribution in [0.25, 0.3) is 10.9 Å². The molecule has 0 aliphatic carbocycles. The minimum Gasteiger partial charge on any atom is -0.361 e. The molecule has 0 spiro atoms. The summed E-state index contributed by atoms with van der Waals surface area (Å²) in [5.41, 5.74) is 1.94. The first-order valence-corrected chi connectivity index (χ1v) is 10.1. The molecule has 2 heterocycles. The third kappa shape index (κ3) is 5.32. The molecule has 0 atom stereocenters. The lowest BCUT2D eigenvalue weighted by Crippen LogP contribution is -2.39. The van der Waals surface area contributed by atoms with E-state index in [4.69, 9.17) is 0 Å². The highest BCUT2D eigenvalue weighted by atomic mass is 32.1. The number of hydrogen-bond acceptors (Lipinski definition) is 3. The van der Waals surface area contributed by atoms with Crippen LogP contribution in [0, 0.1) is 5.82 Å². The van der Waals surface area contributed by atoms with Gasteiger partial charge in [0, 0.05) is 43.8 Å². The Morgan fingerprint density at radius 2 is 2.00 bits per heavy atom. The fourth-order valence-corrected chi connectivity index (χ4v) is 3.53. The number of aromatic amines is 1. The van der Waals surface area contributed by atoms with Crippen LogP contribution in [0.3, 0.4) is 0 Å². The largest absolute Gasteiger partial charge is 0.361 e. The molecule has 1 aromatic carbocycles. The van der Waals surface area contributed by atoms with Crippen molar-refractivity contribution in [3.8, 4) is 0 Å². The average Bonchev–Trinajstić information content (AvgIpc) is 3.36. The number of aliphatic imine (C=N–C) groups is 1. The van der Waals surface area contributed by atoms with Crippen LogP contribution in [0.2, 0.25) is 0 Å². The van der Waals surface area contributed by atoms with E-state index in [-0.39, 0.29) is 11.7 Å². The van der Waals surface area contributed by atoms with E-state index in [1.807, 2.05) is 23.7 Å². The number of nitrogens with one attached hydrogen (secondary N) is 4. The fraction of sp³-hybridized carbons (Fsp3) is 0.300. The molecule has 1 amide bonds. The summed E-state index contributed by atoms with van der Waals surface area (Å²) in [5.74, 6) is 0.446. The first-order valence-electron chi connectivity index (χ1n) is 9.19. The van der Waals surface area contributed by atoms with Crippen molar-refractivity contribution in [1.29, 1.82) is 0 Å². The second-order valence-electron chi connectivity index (χ2n) is 6.27. The standard InChI is InChI=1S/C20H24FN5OS/c1-22-20(24-9-3-8-23-19(27)18-4-2-11-28-18)25-10-7-14-13-26-17-12-15(21)5-6-16(14)17/h2,4-6,11-13,26H,3,7-10H2,1H3,(H,23,27)(H2,22,24,25). The maximum absolute atomic E-state index is 13.3. The topological polar surface area (TPSA) is 81.3 Å². The molecule has 0 aliphatic rings. The zero-order chi connectivity index (χ0) is 19.8. The Balaban J connectivity index is 1.35. The lowest BCUT2D eigenvalue weighted by molar-refractivity contribution is 0.0957. The van der Waals surface area contributed by atoms with Crippen molar-refractivity contribution in [2.24, 2.45) is 4.99 Å². The zero-order valence-electron chi connectivity index (χ0n) is 15.7. The molecular formula is C20H24FN5OS. The summed E-state index contributed by atoms with van der Waals surface area (Å²) in [6, 6.07) is 8.46. The molecule has 3 rings (SSSR count). The molecular weight excluding hydrogens is 377 g/mol. The number of rotatable bonds is 8. The van der Waals surface area contributed by atoms with Gasteiger partial charge >= 0.3 is 0 Å². The Morgan fingerprint density at radius 1 is 1.18 bits per heavy atom. The van der Waals surface area contributed by atoms with Gasteiger partial charge in [-0.2, -0.15) is 0 Å². The first kappa shape index (κ1) is 19.9. The summed E-state index contributed by atoms with van der Waals surface area (Å²) in [6.07, 6.45) is 3.51. The van der Waals surface area contributed by atoms with Crippen LogP contribution >= 0.6 is 11.3 Å². The average molecular weight is 402 g/mol. The van der Waals surface area contributed by atoms with Gasteiger partial charge in [0.2, 0.25) is 0 Å². The molecule has 3 aromatic rings. The number of aromatic nitrogens is 1. The predicted molar refractivity (Wildman–Crippen MR) is 113 cm³/mol. The number of H-pyrrole nitrogens is 1. The number of amides is 1. The number of guanidine groups is 1. The second kappa shape index (κ2) is 9.89. The van der Waals surface area contributed by atoms with Gasteiger partial charge in [-0.05, 0) is 48.1 Å². The molecule has 6 nitrogen and oxygen atoms in total. The molecule has 0 unspecified atom stereocenters. The summed E-state index contributed by atoms with van der Waals surface area (Å²) < 4.78 is 13.3. The molecule has 0 saturated carbocycles. The van der Waals surface area contributed by atoms with Gasteiger partial charge in [0.25, 0.3) is 5.91 Å². The number of carbonyl (C=O) groups excluding carboxylic acids is 1. The summed E-state index contributed by atoms with van der Waals surface area (Å²) in [6.45, 7) is 2.02. The number of fused-ring (bicyclic) bond motifs is 1. The minimum atomic E-state index is -0.241. The Morgan fingerprint density at radius 3 is 2.79 bits per heavy atom. The number of nitrogens with zero attached hydrogens (tertiary/aromatic N) is 1. The molecule has 0 fully saturated rings. The van der Waals surface area contributed by atoms with Crippen molar-refractivity contribution in [3.63, 3.8) is 0 Å². The lowest BCUT2D eigenvalue weighted by atomic mass is 10.1. The number of benzene rings is 1. The van der Waals surface area contributed by atoms with Crippen molar-refractivity contribution in [2.45, 2.75) is 12.8 Å². The quantitative estimate of drug-likeness (QED) is 0.266. The Bertz CT molecular complexity index is 935. The maximum Gasteiger partial charge on any atom is 0.261 e. The van der Waals surface area contributed by atoms with Gasteiger partial charge in [-0.3, -0.25) is 9.79 Å². The third-order valence-electron chi connectivity index (χ3n) is 4.32. The van der Waals surface area contributed by atoms with Crippen LogP contribution in [0.15, 0.2) is 46.9 Å². The fourth-order valence-electron chi connectivity index (χ4n) is 2.89. The molecule has 28 heavy (non-hydrogen) atoms. The van der Waals surface area contributed by atoms with Gasteiger partial charge in [0.15, 0.2) is 5.96 Å². The maximum atomic E-state index is 13.3. The van der Waals surface area contributed by atoms with E-state index in [0.717, 1.165) is 40.1 Å². The first-order chi connectivity index (χ1) is 13.7. The zero-order valence-corrected chi connectivity index (χ0v) is 16.5. The van der Waals surface area contributed by atoms with Crippen molar-refractivity contribution < 1.29 is 9.18 Å². The number of carbonyl (C=O) groups is 1. The van der Waals surface area contributed by atoms with Crippen molar-refractivity contribution >= 4 is 34.1 Å². The van der Waals surface area contributed by atoms with Crippen LogP contribution in [0.1, 0.15) is 21.7 Å². The number of halogens is 1. The normalized spacial score (nSPS) is 11.6. The van der Waals surface area contributed by atoms with Gasteiger partial charge in [0.1, 0.15) is 5.82 Å². The number of hydrogen-bond donors (Lipinski definition) is 4. The monoisotopic (exact) mass is 401 g/mol. The third-order valence-corrected chi connectivity index (χ3v) is 5.19. The SMILES string of the molecule is CN=C(NCCCNC(=O)c1cccs1)NCCc1c[nH]c2cc(F)ccc12. The summed E-state index contributed by atoms with van der Waals surface area (Å²) in [7, 11) is 1.72. The van der Waals surface area contributed by atoms with Gasteiger partial charge in [-0.15, -0.1) is 11.3 Å². The van der Waals surface area contributed by atoms with Crippen molar-refractivity contribution in [3.05, 3.63) is 58.2 Å². The highest BCUT2D eigenvalue weighted by Gasteiger charge is 2.06. The van der Waals surface area contributed by atoms with E-state index in [1.165, 1.54) is 23.5 Å². The smallest absolute Gasteiger partial charge is 0.261 e. The van der Waals surface area contributed by atoms with Gasteiger partial charge < -0.3 is 20.9 Å². The van der Waals surface area contributed by atoms with E-state index in [9.17, 15) is 9.18 Å². The molecule has 0 saturated heterocycles. The van der Waals surface area contributed by atoms with Crippen LogP contribution in [0.4, 0.5) is 4.39 Å². The van der Waals surface area contributed by atoms with Crippen LogP contribution in [-0.2, 0) is 6.42 Å². The summed E-state index contributed by atoms with van der Waals surface area (Å²) >= 11 is 1.43. The van der Waals surface area contributed by atoms with Crippen molar-refractivity contribution in [2.75, 3.05) is 26.7 Å². The highest BCUT2D eigenvalue weighted by molar-refractivity contribution is 7.12. The molecule has 8 heteroatoms. The van der Waals surface area contributed by atoms with Crippen LogP contribution in [0.5, 0.6) is 0 Å². The highest BCUT2D eigenvalue weighted by Crippen LogP contribution is 2.19. The predicted octanol–water partition coefficient (Wildman–Crippen LogP) is 2.90. The molecule has 2 aromatic heterocycles. The van der Waals surface area contributed by atoms with Gasteiger partial charge in [-0.1, -0.05) is 6.07 Å². The molecule has 148 valence electrons. The minimum absolute atomic E-state index is 0.0314. The van der Waals surface area contributed by atoms with E-state index < -0.39 is 0 Å². The van der Waals surface area contributed by atoms with Gasteiger partial charge in [0.05, 0.1) is 4.88 Å². The van der Waals surface area contributed by atoms with Gasteiger partial charge in [-0.25, -0.2) is 4.39 Å². The Labute approximate surface area is 167 Å². The lowest BCUT2D eigenvalue weighted by Gasteiger charge is -2.12.